The van der Waals surface area contributed by atoms with Gasteiger partial charge in [-0.2, -0.15) is 0 Å². The van der Waals surface area contributed by atoms with Gasteiger partial charge in [-0.15, -0.1) is 0 Å². The summed E-state index contributed by atoms with van der Waals surface area (Å²) in [5, 5.41) is 0. The number of hydrogen-bond donors (Lipinski definition) is 0. The van der Waals surface area contributed by atoms with E-state index in [9.17, 15) is 0 Å². The Morgan fingerprint density at radius 3 is 1.55 bits per heavy atom. The van der Waals surface area contributed by atoms with Crippen molar-refractivity contribution in [1.29, 1.82) is 0 Å². The molecule has 0 amide bonds. The van der Waals surface area contributed by atoms with E-state index in [4.69, 9.17) is 4.99 Å². The Labute approximate surface area is 191 Å². The van der Waals surface area contributed by atoms with Gasteiger partial charge in [0.15, 0.2) is 0 Å². The maximum atomic E-state index is 5.31. The number of benzene rings is 4. The van der Waals surface area contributed by atoms with E-state index >= 15 is 0 Å². The maximum absolute atomic E-state index is 5.31. The molecular weight excluding hydrogens is 444 g/mol. The van der Waals surface area contributed by atoms with Crippen molar-refractivity contribution in [2.24, 2.45) is 4.99 Å². The molecule has 5 rings (SSSR count). The predicted molar refractivity (Wildman–Crippen MR) is 133 cm³/mol. The Balaban J connectivity index is 1.80. The molecule has 0 bridgehead atoms. The van der Waals surface area contributed by atoms with E-state index in [0.717, 1.165) is 33.8 Å². The molecule has 1 aliphatic rings. The number of halogens is 1. The second-order valence-corrected chi connectivity index (χ2v) is 8.18. The van der Waals surface area contributed by atoms with Crippen LogP contribution in [-0.4, -0.2) is 9.64 Å². The summed E-state index contributed by atoms with van der Waals surface area (Å²) in [5.74, 6) is 0. The zero-order valence-electron chi connectivity index (χ0n) is 16.9. The van der Waals surface area contributed by atoms with Crippen molar-refractivity contribution < 1.29 is 0 Å². The van der Waals surface area contributed by atoms with E-state index < -0.39 is 0 Å². The van der Waals surface area contributed by atoms with Gasteiger partial charge < -0.3 is 0 Å². The van der Waals surface area contributed by atoms with E-state index in [1.165, 1.54) is 5.56 Å². The molecular formula is C28H21BrN2. The smallest absolute Gasteiger partial charge is 0.108 e. The lowest BCUT2D eigenvalue weighted by Crippen LogP contribution is -2.30. The summed E-state index contributed by atoms with van der Waals surface area (Å²) in [5.41, 5.74) is 7.53. The molecule has 0 fully saturated rings. The normalized spacial score (nSPS) is 16.2. The van der Waals surface area contributed by atoms with Gasteiger partial charge in [0.2, 0.25) is 0 Å². The molecule has 4 aromatic carbocycles. The van der Waals surface area contributed by atoms with Crippen molar-refractivity contribution in [1.82, 2.24) is 3.93 Å². The molecule has 0 radical (unpaired) electrons. The number of nitrogens with zero attached hydrogens (tertiary/aromatic N) is 2. The lowest BCUT2D eigenvalue weighted by atomic mass is 9.92. The van der Waals surface area contributed by atoms with Gasteiger partial charge in [-0.25, -0.2) is 4.99 Å². The van der Waals surface area contributed by atoms with E-state index in [-0.39, 0.29) is 6.04 Å². The SMILES string of the molecule is BrN1C(c2ccccc2)=C(c2ccccc2)N=C(c2ccccc2)C1c1ccccc1. The van der Waals surface area contributed by atoms with E-state index in [1.54, 1.807) is 0 Å². The molecule has 150 valence electrons. The van der Waals surface area contributed by atoms with Crippen LogP contribution in [0.5, 0.6) is 0 Å². The van der Waals surface area contributed by atoms with Crippen molar-refractivity contribution in [2.45, 2.75) is 6.04 Å². The van der Waals surface area contributed by atoms with Crippen molar-refractivity contribution in [3.05, 3.63) is 144 Å². The van der Waals surface area contributed by atoms with Gasteiger partial charge in [-0.1, -0.05) is 121 Å². The second-order valence-electron chi connectivity index (χ2n) is 7.42. The van der Waals surface area contributed by atoms with Crippen molar-refractivity contribution in [3.63, 3.8) is 0 Å². The molecule has 2 nitrogen and oxygen atoms in total. The van der Waals surface area contributed by atoms with Gasteiger partial charge >= 0.3 is 0 Å². The molecule has 1 heterocycles. The summed E-state index contributed by atoms with van der Waals surface area (Å²) in [6.07, 6.45) is 0. The van der Waals surface area contributed by atoms with Crippen LogP contribution in [0.1, 0.15) is 28.3 Å². The first-order valence-corrected chi connectivity index (χ1v) is 11.0. The topological polar surface area (TPSA) is 15.6 Å². The van der Waals surface area contributed by atoms with Crippen molar-refractivity contribution in [2.75, 3.05) is 0 Å². The fraction of sp³-hybridized carbons (Fsp3) is 0.0357. The van der Waals surface area contributed by atoms with Crippen LogP contribution >= 0.6 is 16.1 Å². The molecule has 0 aromatic heterocycles. The summed E-state index contributed by atoms with van der Waals surface area (Å²) in [4.78, 5) is 5.31. The van der Waals surface area contributed by atoms with Crippen LogP contribution in [0.15, 0.2) is 126 Å². The Hall–Kier alpha value is -3.43. The summed E-state index contributed by atoms with van der Waals surface area (Å²) in [6, 6.07) is 41.8. The lowest BCUT2D eigenvalue weighted by Gasteiger charge is -2.36. The summed E-state index contributed by atoms with van der Waals surface area (Å²) < 4.78 is 2.19. The van der Waals surface area contributed by atoms with Gasteiger partial charge in [0.1, 0.15) is 6.04 Å². The van der Waals surface area contributed by atoms with Crippen LogP contribution in [0.25, 0.3) is 11.4 Å². The van der Waals surface area contributed by atoms with Crippen LogP contribution < -0.4 is 0 Å². The van der Waals surface area contributed by atoms with Crippen molar-refractivity contribution >= 4 is 33.3 Å². The van der Waals surface area contributed by atoms with Crippen LogP contribution in [0.2, 0.25) is 0 Å². The number of aliphatic imine (C=N–C) groups is 1. The predicted octanol–water partition coefficient (Wildman–Crippen LogP) is 7.37. The second kappa shape index (κ2) is 8.75. The van der Waals surface area contributed by atoms with E-state index in [2.05, 4.69) is 117 Å². The van der Waals surface area contributed by atoms with Crippen LogP contribution in [-0.2, 0) is 0 Å². The third-order valence-corrected chi connectivity index (χ3v) is 6.20. The first kappa shape index (κ1) is 19.5. The highest BCUT2D eigenvalue weighted by molar-refractivity contribution is 9.07. The van der Waals surface area contributed by atoms with Gasteiger partial charge in [0.25, 0.3) is 0 Å². The standard InChI is InChI=1S/C28H21BrN2/c29-31-27(23-17-9-3-10-18-23)25(21-13-5-1-6-14-21)30-26(22-15-7-2-8-16-22)28(31)24-19-11-4-12-20-24/h1-20,27H. The minimum atomic E-state index is -0.0636. The Morgan fingerprint density at radius 2 is 1.00 bits per heavy atom. The van der Waals surface area contributed by atoms with Gasteiger partial charge in [0, 0.05) is 11.1 Å². The Morgan fingerprint density at radius 1 is 0.548 bits per heavy atom. The van der Waals surface area contributed by atoms with Crippen molar-refractivity contribution in [3.8, 4) is 0 Å². The van der Waals surface area contributed by atoms with Crippen LogP contribution in [0, 0.1) is 0 Å². The van der Waals surface area contributed by atoms with E-state index in [0.29, 0.717) is 0 Å². The average molecular weight is 465 g/mol. The number of rotatable bonds is 4. The highest BCUT2D eigenvalue weighted by Crippen LogP contribution is 2.44. The fourth-order valence-electron chi connectivity index (χ4n) is 3.98. The molecule has 3 heteroatoms. The summed E-state index contributed by atoms with van der Waals surface area (Å²) >= 11 is 3.96. The molecule has 0 saturated carbocycles. The first-order chi connectivity index (χ1) is 15.3. The van der Waals surface area contributed by atoms with Gasteiger partial charge in [-0.05, 0) is 11.1 Å². The summed E-state index contributed by atoms with van der Waals surface area (Å²) in [6.45, 7) is 0. The quantitative estimate of drug-likeness (QED) is 0.288. The first-order valence-electron chi connectivity index (χ1n) is 10.3. The fourth-order valence-corrected chi connectivity index (χ4v) is 4.78. The van der Waals surface area contributed by atoms with Crippen LogP contribution in [0.3, 0.4) is 0 Å². The monoisotopic (exact) mass is 464 g/mol. The largest absolute Gasteiger partial charge is 0.292 e. The zero-order chi connectivity index (χ0) is 21.0. The maximum Gasteiger partial charge on any atom is 0.108 e. The third-order valence-electron chi connectivity index (χ3n) is 5.44. The minimum Gasteiger partial charge on any atom is -0.292 e. The average Bonchev–Trinajstić information content (AvgIpc) is 2.85. The minimum absolute atomic E-state index is 0.0636. The van der Waals surface area contributed by atoms with E-state index in [1.807, 2.05) is 24.3 Å². The molecule has 0 N–H and O–H groups in total. The van der Waals surface area contributed by atoms with Gasteiger partial charge in [0.05, 0.1) is 33.3 Å². The molecule has 0 saturated heterocycles. The van der Waals surface area contributed by atoms with Gasteiger partial charge in [-0.3, -0.25) is 3.93 Å². The highest BCUT2D eigenvalue weighted by atomic mass is 79.9. The molecule has 0 spiro atoms. The Bertz CT molecular complexity index is 1220. The molecule has 1 atom stereocenters. The summed E-state index contributed by atoms with van der Waals surface area (Å²) in [7, 11) is 0. The number of hydrogen-bond acceptors (Lipinski definition) is 2. The molecule has 1 unspecified atom stereocenters. The Kier molecular flexibility index (Phi) is 5.51. The molecule has 1 aliphatic heterocycles. The van der Waals surface area contributed by atoms with Crippen LogP contribution in [0.4, 0.5) is 0 Å². The molecule has 0 aliphatic carbocycles. The molecule has 4 aromatic rings. The zero-order valence-corrected chi connectivity index (χ0v) is 18.5. The highest BCUT2D eigenvalue weighted by Gasteiger charge is 2.34. The third kappa shape index (κ3) is 3.85. The lowest BCUT2D eigenvalue weighted by molar-refractivity contribution is 0.603. The molecule has 31 heavy (non-hydrogen) atoms.